The molecule has 5 rings (SSSR count). The van der Waals surface area contributed by atoms with E-state index in [4.69, 9.17) is 28.2 Å². The average Bonchev–Trinajstić information content (AvgIpc) is 2.93. The topological polar surface area (TPSA) is 112 Å². The first-order valence-electron chi connectivity index (χ1n) is 13.3. The molecule has 2 N–H and O–H groups in total. The van der Waals surface area contributed by atoms with Crippen LogP contribution in [0, 0.1) is 5.41 Å². The number of allylic oxidation sites excluding steroid dienone is 1. The van der Waals surface area contributed by atoms with E-state index < -0.39 is 23.3 Å². The minimum Gasteiger partial charge on any atom is -0.480 e. The molecule has 2 fully saturated rings. The molecule has 2 aliphatic carbocycles. The molecule has 0 radical (unpaired) electrons. The molecule has 2 heterocycles. The van der Waals surface area contributed by atoms with Crippen LogP contribution in [0.4, 0.5) is 5.69 Å². The predicted octanol–water partition coefficient (Wildman–Crippen LogP) is 5.41. The van der Waals surface area contributed by atoms with E-state index in [0.717, 1.165) is 36.9 Å². The summed E-state index contributed by atoms with van der Waals surface area (Å²) in [5.41, 5.74) is 2.87. The summed E-state index contributed by atoms with van der Waals surface area (Å²) in [6.07, 6.45) is 11.2. The number of nitrogens with zero attached hydrogens (tertiary/aromatic N) is 3. The number of aromatic nitrogens is 1. The Balaban J connectivity index is 1.39. The molecule has 0 unspecified atom stereocenters. The number of ketones is 1. The van der Waals surface area contributed by atoms with E-state index in [-0.39, 0.29) is 27.8 Å². The number of likely N-dealkylation sites (N-methyl/N-ethyl adjacent to an activating group) is 1. The van der Waals surface area contributed by atoms with Gasteiger partial charge in [0.25, 0.3) is 5.91 Å². The molecule has 8 nitrogen and oxygen atoms in total. The molecule has 3 aliphatic rings. The van der Waals surface area contributed by atoms with Crippen LogP contribution in [0.2, 0.25) is 10.0 Å². The normalized spacial score (nSPS) is 22.3. The second-order valence-electron chi connectivity index (χ2n) is 10.6. The smallest absolute Gasteiger partial charge is 0.328 e. The zero-order valence-corrected chi connectivity index (χ0v) is 23.6. The summed E-state index contributed by atoms with van der Waals surface area (Å²) in [6.45, 7) is 1.44. The van der Waals surface area contributed by atoms with Gasteiger partial charge in [-0.1, -0.05) is 66.7 Å². The average molecular weight is 582 g/mol. The van der Waals surface area contributed by atoms with E-state index in [2.05, 4.69) is 15.2 Å². The number of carboxylic acids is 1. The van der Waals surface area contributed by atoms with Gasteiger partial charge in [0, 0.05) is 43.2 Å². The lowest BCUT2D eigenvalue weighted by atomic mass is 9.54. The number of nitrogens with one attached hydrogen (secondary N) is 1. The Kier molecular flexibility index (Phi) is 8.21. The van der Waals surface area contributed by atoms with E-state index >= 15 is 0 Å². The van der Waals surface area contributed by atoms with Crippen molar-refractivity contribution in [2.45, 2.75) is 44.6 Å². The standard InChI is InChI=1S/C30H30Cl2N4O4/c1-36-13-5-6-19(17-36)24-26(30(27(24)37)11-3-2-4-12-30)35-23(29(39)40)14-18-7-9-20(10-8-18)34-28(38)25-21(31)15-33-16-22(25)32/h5-10,15-16,23H,2-4,11-14,17H2,1H3,(H,34,38)(H,39,40)/t23-/m0/s1. The van der Waals surface area contributed by atoms with Crippen LogP contribution in [0.15, 0.2) is 64.9 Å². The Labute approximate surface area is 242 Å². The van der Waals surface area contributed by atoms with Gasteiger partial charge in [0.1, 0.15) is 0 Å². The van der Waals surface area contributed by atoms with Crippen LogP contribution in [0.3, 0.4) is 0 Å². The van der Waals surface area contributed by atoms with Gasteiger partial charge >= 0.3 is 5.97 Å². The third-order valence-electron chi connectivity index (χ3n) is 7.85. The highest BCUT2D eigenvalue weighted by Crippen LogP contribution is 2.51. The Hall–Kier alpha value is -3.33. The van der Waals surface area contributed by atoms with Gasteiger partial charge in [0.05, 0.1) is 26.7 Å². The van der Waals surface area contributed by atoms with E-state index in [1.54, 1.807) is 24.3 Å². The molecule has 1 atom stereocenters. The van der Waals surface area contributed by atoms with E-state index in [1.807, 2.05) is 19.2 Å². The van der Waals surface area contributed by atoms with Crippen molar-refractivity contribution in [3.8, 4) is 0 Å². The van der Waals surface area contributed by atoms with Gasteiger partial charge in [-0.3, -0.25) is 24.5 Å². The molecule has 40 heavy (non-hydrogen) atoms. The molecular weight excluding hydrogens is 551 g/mol. The largest absolute Gasteiger partial charge is 0.480 e. The van der Waals surface area contributed by atoms with Crippen LogP contribution in [0.5, 0.6) is 0 Å². The highest BCUT2D eigenvalue weighted by atomic mass is 35.5. The number of carbonyl (C=O) groups excluding carboxylic acids is 2. The van der Waals surface area contributed by atoms with Crippen LogP contribution >= 0.6 is 23.2 Å². The van der Waals surface area contributed by atoms with Crippen molar-refractivity contribution in [2.24, 2.45) is 10.4 Å². The van der Waals surface area contributed by atoms with E-state index in [0.29, 0.717) is 36.4 Å². The van der Waals surface area contributed by atoms with Crippen molar-refractivity contribution in [3.63, 3.8) is 0 Å². The van der Waals surface area contributed by atoms with Crippen molar-refractivity contribution in [1.82, 2.24) is 9.88 Å². The zero-order valence-electron chi connectivity index (χ0n) is 22.1. The van der Waals surface area contributed by atoms with Crippen molar-refractivity contribution in [2.75, 3.05) is 25.5 Å². The lowest BCUT2D eigenvalue weighted by Crippen LogP contribution is -2.56. The Morgan fingerprint density at radius 2 is 1.80 bits per heavy atom. The third-order valence-corrected chi connectivity index (χ3v) is 8.42. The van der Waals surface area contributed by atoms with Gasteiger partial charge in [-0.25, -0.2) is 4.79 Å². The summed E-state index contributed by atoms with van der Waals surface area (Å²) >= 11 is 12.2. The van der Waals surface area contributed by atoms with Gasteiger partial charge in [-0.15, -0.1) is 0 Å². The summed E-state index contributed by atoms with van der Waals surface area (Å²) in [7, 11) is 1.99. The number of hydrogen-bond donors (Lipinski definition) is 2. The lowest BCUT2D eigenvalue weighted by molar-refractivity contribution is -0.138. The molecule has 208 valence electrons. The van der Waals surface area contributed by atoms with Gasteiger partial charge in [-0.05, 0) is 43.2 Å². The Morgan fingerprint density at radius 3 is 2.42 bits per heavy atom. The number of carboxylic acid groups (broad SMARTS) is 1. The molecular formula is C30H30Cl2N4O4. The molecule has 1 amide bonds. The highest BCUT2D eigenvalue weighted by Gasteiger charge is 2.57. The van der Waals surface area contributed by atoms with Crippen LogP contribution < -0.4 is 5.32 Å². The monoisotopic (exact) mass is 580 g/mol. The maximum Gasteiger partial charge on any atom is 0.328 e. The van der Waals surface area contributed by atoms with Crippen molar-refractivity contribution in [3.05, 3.63) is 81.1 Å². The Morgan fingerprint density at radius 1 is 1.12 bits per heavy atom. The van der Waals surface area contributed by atoms with Crippen LogP contribution in [0.1, 0.15) is 48.0 Å². The second-order valence-corrected chi connectivity index (χ2v) is 11.5. The third kappa shape index (κ3) is 5.48. The Bertz CT molecular complexity index is 1420. The predicted molar refractivity (Wildman–Crippen MR) is 155 cm³/mol. The summed E-state index contributed by atoms with van der Waals surface area (Å²) in [6, 6.07) is 5.84. The first-order valence-corrected chi connectivity index (χ1v) is 14.1. The second kappa shape index (κ2) is 11.6. The number of benzene rings is 1. The van der Waals surface area contributed by atoms with Crippen LogP contribution in [-0.4, -0.2) is 64.5 Å². The van der Waals surface area contributed by atoms with Gasteiger partial charge in [0.2, 0.25) is 0 Å². The fourth-order valence-electron chi connectivity index (χ4n) is 5.79. The molecule has 0 saturated heterocycles. The van der Waals surface area contributed by atoms with Gasteiger partial charge < -0.3 is 10.4 Å². The lowest BCUT2D eigenvalue weighted by Gasteiger charge is -2.47. The van der Waals surface area contributed by atoms with Crippen molar-refractivity contribution in [1.29, 1.82) is 0 Å². The fourth-order valence-corrected chi connectivity index (χ4v) is 6.33. The summed E-state index contributed by atoms with van der Waals surface area (Å²) in [5, 5.41) is 13.2. The number of aliphatic imine (C=N–C) groups is 1. The number of Topliss-reactive ketones (excluding diaryl/α,β-unsaturated/α-hetero) is 1. The van der Waals surface area contributed by atoms with Gasteiger partial charge in [0.15, 0.2) is 11.8 Å². The summed E-state index contributed by atoms with van der Waals surface area (Å²) < 4.78 is 0. The number of rotatable bonds is 6. The molecule has 1 aromatic carbocycles. The molecule has 1 spiro atoms. The number of anilines is 1. The SMILES string of the molecule is CN1CC=CC(=C2C(=O)C3(CCCCC3)C2=N[C@@H](Cc2ccc(NC(=O)c3c(Cl)cncc3Cl)cc2)C(=O)O)C1. The van der Waals surface area contributed by atoms with Crippen molar-refractivity contribution < 1.29 is 19.5 Å². The quantitative estimate of drug-likeness (QED) is 0.442. The number of carbonyl (C=O) groups is 3. The number of pyridine rings is 1. The summed E-state index contributed by atoms with van der Waals surface area (Å²) in [5.74, 6) is -1.41. The molecule has 2 saturated carbocycles. The van der Waals surface area contributed by atoms with Gasteiger partial charge in [-0.2, -0.15) is 0 Å². The first kappa shape index (κ1) is 28.2. The molecule has 10 heteroatoms. The first-order chi connectivity index (χ1) is 19.2. The summed E-state index contributed by atoms with van der Waals surface area (Å²) in [4.78, 5) is 49.4. The molecule has 1 aliphatic heterocycles. The van der Waals surface area contributed by atoms with E-state index in [1.165, 1.54) is 12.4 Å². The minimum absolute atomic E-state index is 0.111. The fraction of sp³-hybridized carbons (Fsp3) is 0.367. The molecule has 0 bridgehead atoms. The zero-order chi connectivity index (χ0) is 28.4. The number of halogens is 2. The van der Waals surface area contributed by atoms with Crippen molar-refractivity contribution >= 4 is 52.3 Å². The maximum atomic E-state index is 13.5. The highest BCUT2D eigenvalue weighted by molar-refractivity contribution is 6.44. The maximum absolute atomic E-state index is 13.5. The molecule has 1 aromatic heterocycles. The van der Waals surface area contributed by atoms with Crippen LogP contribution in [0.25, 0.3) is 0 Å². The number of amides is 1. The minimum atomic E-state index is -1.04. The van der Waals surface area contributed by atoms with E-state index in [9.17, 15) is 19.5 Å². The number of hydrogen-bond acceptors (Lipinski definition) is 6. The van der Waals surface area contributed by atoms with Crippen LogP contribution in [-0.2, 0) is 16.0 Å². The molecule has 2 aromatic rings. The number of aliphatic carboxylic acids is 1.